The van der Waals surface area contributed by atoms with Gasteiger partial charge in [0.25, 0.3) is 0 Å². The predicted octanol–water partition coefficient (Wildman–Crippen LogP) is 2.76. The maximum Gasteiger partial charge on any atom is 0.392 e. The summed E-state index contributed by atoms with van der Waals surface area (Å²) in [4.78, 5) is 0. The highest BCUT2D eigenvalue weighted by molar-refractivity contribution is 5.56. The van der Waals surface area contributed by atoms with Crippen molar-refractivity contribution in [2.75, 3.05) is 0 Å². The van der Waals surface area contributed by atoms with Crippen LogP contribution in [-0.4, -0.2) is 0 Å². The van der Waals surface area contributed by atoms with Gasteiger partial charge in [0.1, 0.15) is 0 Å². The molecular formula is C13H15NO2. The van der Waals surface area contributed by atoms with E-state index < -0.39 is 0 Å². The summed E-state index contributed by atoms with van der Waals surface area (Å²) in [5.41, 5.74) is 2.64. The second kappa shape index (κ2) is 4.00. The summed E-state index contributed by atoms with van der Waals surface area (Å²) in [5.74, 6) is 1.07. The number of aromatic nitrogens is 1. The molecule has 0 N–H and O–H groups in total. The van der Waals surface area contributed by atoms with E-state index in [1.807, 2.05) is 31.2 Å². The van der Waals surface area contributed by atoms with Gasteiger partial charge in [0.05, 0.1) is 5.56 Å². The molecule has 3 nitrogen and oxygen atoms in total. The Morgan fingerprint density at radius 2 is 1.94 bits per heavy atom. The van der Waals surface area contributed by atoms with Crippen molar-refractivity contribution in [3.8, 4) is 11.5 Å². The molecule has 0 aliphatic carbocycles. The van der Waals surface area contributed by atoms with Crippen LogP contribution in [0.1, 0.15) is 23.9 Å². The minimum Gasteiger partial charge on any atom is -0.616 e. The van der Waals surface area contributed by atoms with Crippen LogP contribution in [0.15, 0.2) is 28.7 Å². The molecule has 0 saturated carbocycles. The normalized spacial score (nSPS) is 10.7. The molecule has 0 spiro atoms. The second-order valence-electron chi connectivity index (χ2n) is 3.85. The lowest BCUT2D eigenvalue weighted by molar-refractivity contribution is -0.602. The molecular weight excluding hydrogens is 202 g/mol. The minimum absolute atomic E-state index is 0.396. The molecule has 0 atom stereocenters. The van der Waals surface area contributed by atoms with Crippen molar-refractivity contribution in [2.24, 2.45) is 0 Å². The highest BCUT2D eigenvalue weighted by Crippen LogP contribution is 2.23. The summed E-state index contributed by atoms with van der Waals surface area (Å²) in [6, 6.07) is 7.83. The number of oxazole rings is 1. The smallest absolute Gasteiger partial charge is 0.392 e. The van der Waals surface area contributed by atoms with E-state index >= 15 is 0 Å². The Labute approximate surface area is 94.9 Å². The SMILES string of the molecule is CCc1ccccc1-c1oc(C)c(C)[n+]1[O-]. The fraction of sp³-hybridized carbons (Fsp3) is 0.308. The Balaban J connectivity index is 2.63. The Hall–Kier alpha value is -1.77. The average molecular weight is 217 g/mol. The van der Waals surface area contributed by atoms with Gasteiger partial charge in [-0.25, -0.2) is 0 Å². The maximum absolute atomic E-state index is 11.9. The molecule has 0 amide bonds. The molecule has 0 unspecified atom stereocenters. The lowest BCUT2D eigenvalue weighted by atomic mass is 10.1. The van der Waals surface area contributed by atoms with E-state index in [1.54, 1.807) is 6.92 Å². The second-order valence-corrected chi connectivity index (χ2v) is 3.85. The fourth-order valence-electron chi connectivity index (χ4n) is 1.76. The highest BCUT2D eigenvalue weighted by Gasteiger charge is 2.21. The Bertz CT molecular complexity index is 515. The van der Waals surface area contributed by atoms with Gasteiger partial charge in [0.2, 0.25) is 5.69 Å². The van der Waals surface area contributed by atoms with Gasteiger partial charge < -0.3 is 9.62 Å². The quantitative estimate of drug-likeness (QED) is 0.573. The van der Waals surface area contributed by atoms with E-state index in [0.717, 1.165) is 22.3 Å². The number of benzene rings is 1. The summed E-state index contributed by atoms with van der Waals surface area (Å²) < 4.78 is 6.39. The highest BCUT2D eigenvalue weighted by atomic mass is 16.5. The van der Waals surface area contributed by atoms with Gasteiger partial charge in [-0.15, -0.1) is 4.73 Å². The van der Waals surface area contributed by atoms with Gasteiger partial charge >= 0.3 is 5.89 Å². The number of aryl methyl sites for hydroxylation is 2. The Kier molecular flexibility index (Phi) is 2.69. The van der Waals surface area contributed by atoms with Crippen molar-refractivity contribution in [2.45, 2.75) is 27.2 Å². The van der Waals surface area contributed by atoms with Crippen LogP contribution in [0.25, 0.3) is 11.5 Å². The number of rotatable bonds is 2. The molecule has 1 aromatic carbocycles. The molecule has 0 radical (unpaired) electrons. The number of hydrogen-bond donors (Lipinski definition) is 0. The lowest BCUT2D eigenvalue weighted by Gasteiger charge is -2.02. The molecule has 1 aromatic heterocycles. The van der Waals surface area contributed by atoms with Crippen LogP contribution in [0, 0.1) is 19.1 Å². The topological polar surface area (TPSA) is 40.1 Å². The first-order valence-corrected chi connectivity index (χ1v) is 5.43. The molecule has 3 heteroatoms. The van der Waals surface area contributed by atoms with Crippen molar-refractivity contribution < 1.29 is 9.15 Å². The van der Waals surface area contributed by atoms with Gasteiger partial charge in [-0.1, -0.05) is 25.1 Å². The largest absolute Gasteiger partial charge is 0.616 e. The first-order valence-electron chi connectivity index (χ1n) is 5.43. The summed E-state index contributed by atoms with van der Waals surface area (Å²) in [5, 5.41) is 11.9. The van der Waals surface area contributed by atoms with Gasteiger partial charge in [-0.05, 0) is 18.1 Å². The first kappa shape index (κ1) is 10.7. The Morgan fingerprint density at radius 3 is 2.50 bits per heavy atom. The van der Waals surface area contributed by atoms with E-state index in [-0.39, 0.29) is 0 Å². The van der Waals surface area contributed by atoms with E-state index in [9.17, 15) is 5.21 Å². The van der Waals surface area contributed by atoms with Crippen molar-refractivity contribution in [3.63, 3.8) is 0 Å². The zero-order valence-corrected chi connectivity index (χ0v) is 9.78. The van der Waals surface area contributed by atoms with Gasteiger partial charge in [0, 0.05) is 13.8 Å². The lowest BCUT2D eigenvalue weighted by Crippen LogP contribution is -2.29. The molecule has 0 aliphatic rings. The van der Waals surface area contributed by atoms with Crippen LogP contribution in [0.3, 0.4) is 0 Å². The van der Waals surface area contributed by atoms with E-state index in [0.29, 0.717) is 17.3 Å². The third-order valence-corrected chi connectivity index (χ3v) is 2.88. The minimum atomic E-state index is 0.396. The summed E-state index contributed by atoms with van der Waals surface area (Å²) in [6.07, 6.45) is 0.884. The third kappa shape index (κ3) is 1.58. The van der Waals surface area contributed by atoms with E-state index in [4.69, 9.17) is 4.42 Å². The molecule has 2 aromatic rings. The van der Waals surface area contributed by atoms with Crippen LogP contribution < -0.4 is 4.73 Å². The van der Waals surface area contributed by atoms with Gasteiger partial charge in [-0.3, -0.25) is 0 Å². The molecule has 2 rings (SSSR count). The molecule has 16 heavy (non-hydrogen) atoms. The van der Waals surface area contributed by atoms with Gasteiger partial charge in [-0.2, -0.15) is 0 Å². The summed E-state index contributed by atoms with van der Waals surface area (Å²) in [6.45, 7) is 5.64. The van der Waals surface area contributed by atoms with Crippen molar-refractivity contribution in [1.29, 1.82) is 0 Å². The number of nitrogens with zero attached hydrogens (tertiary/aromatic N) is 1. The molecule has 84 valence electrons. The molecule has 0 fully saturated rings. The Morgan fingerprint density at radius 1 is 1.25 bits per heavy atom. The van der Waals surface area contributed by atoms with Crippen molar-refractivity contribution in [3.05, 3.63) is 46.5 Å². The monoisotopic (exact) mass is 217 g/mol. The van der Waals surface area contributed by atoms with Crippen molar-refractivity contribution in [1.82, 2.24) is 0 Å². The van der Waals surface area contributed by atoms with Gasteiger partial charge in [0.15, 0.2) is 5.76 Å². The average Bonchev–Trinajstić information content (AvgIpc) is 2.57. The van der Waals surface area contributed by atoms with Crippen LogP contribution >= 0.6 is 0 Å². The van der Waals surface area contributed by atoms with E-state index in [2.05, 4.69) is 6.92 Å². The standard InChI is InChI=1S/C13H15NO2/c1-4-11-7-5-6-8-12(11)13-14(15)9(2)10(3)16-13/h5-8H,4H2,1-3H3. The molecule has 0 bridgehead atoms. The van der Waals surface area contributed by atoms with Crippen LogP contribution in [0.5, 0.6) is 0 Å². The third-order valence-electron chi connectivity index (χ3n) is 2.88. The molecule has 0 saturated heterocycles. The van der Waals surface area contributed by atoms with Crippen LogP contribution in [0.2, 0.25) is 0 Å². The zero-order valence-electron chi connectivity index (χ0n) is 9.78. The number of hydrogen-bond acceptors (Lipinski definition) is 2. The predicted molar refractivity (Wildman–Crippen MR) is 62.0 cm³/mol. The zero-order chi connectivity index (χ0) is 11.7. The van der Waals surface area contributed by atoms with Crippen LogP contribution in [0.4, 0.5) is 0 Å². The fourth-order valence-corrected chi connectivity index (χ4v) is 1.76. The van der Waals surface area contributed by atoms with E-state index in [1.165, 1.54) is 0 Å². The van der Waals surface area contributed by atoms with Crippen LogP contribution in [-0.2, 0) is 6.42 Å². The van der Waals surface area contributed by atoms with Crippen molar-refractivity contribution >= 4 is 0 Å². The summed E-state index contributed by atoms with van der Waals surface area (Å²) >= 11 is 0. The maximum atomic E-state index is 11.9. The molecule has 0 aliphatic heterocycles. The first-order chi connectivity index (χ1) is 7.65. The summed E-state index contributed by atoms with van der Waals surface area (Å²) in [7, 11) is 0. The molecule has 1 heterocycles.